The van der Waals surface area contributed by atoms with Crippen molar-refractivity contribution in [2.75, 3.05) is 0 Å². The van der Waals surface area contributed by atoms with E-state index < -0.39 is 0 Å². The highest BCUT2D eigenvalue weighted by Gasteiger charge is 2.13. The number of oxime groups is 1. The van der Waals surface area contributed by atoms with Gasteiger partial charge in [-0.2, -0.15) is 0 Å². The van der Waals surface area contributed by atoms with Gasteiger partial charge in [0.25, 0.3) is 0 Å². The second-order valence-electron chi connectivity index (χ2n) is 3.71. The Hall–Kier alpha value is -2.70. The van der Waals surface area contributed by atoms with E-state index in [2.05, 4.69) is 15.1 Å². The molecule has 0 unspecified atom stereocenters. The van der Waals surface area contributed by atoms with Crippen molar-refractivity contribution in [1.82, 2.24) is 9.97 Å². The van der Waals surface area contributed by atoms with Crippen LogP contribution in [0.4, 0.5) is 4.39 Å². The molecule has 0 aliphatic rings. The molecule has 98 valence electrons. The van der Waals surface area contributed by atoms with Gasteiger partial charge < -0.3 is 15.7 Å². The minimum absolute atomic E-state index is 0.0764. The Morgan fingerprint density at radius 3 is 2.79 bits per heavy atom. The Balaban J connectivity index is 2.38. The molecular weight excluding hydrogens is 251 g/mol. The van der Waals surface area contributed by atoms with Gasteiger partial charge in [-0.3, -0.25) is 0 Å². The molecule has 1 aromatic heterocycles. The first-order chi connectivity index (χ1) is 9.11. The molecule has 1 heterocycles. The lowest BCUT2D eigenvalue weighted by Gasteiger charge is -2.09. The average molecular weight is 262 g/mol. The molecule has 0 spiro atoms. The number of halogens is 1. The van der Waals surface area contributed by atoms with E-state index >= 15 is 0 Å². The lowest BCUT2D eigenvalue weighted by atomic mass is 10.2. The van der Waals surface area contributed by atoms with E-state index in [9.17, 15) is 4.39 Å². The van der Waals surface area contributed by atoms with Crippen molar-refractivity contribution in [2.24, 2.45) is 10.9 Å². The second kappa shape index (κ2) is 5.30. The summed E-state index contributed by atoms with van der Waals surface area (Å²) in [5, 5.41) is 11.5. The Kier molecular flexibility index (Phi) is 3.56. The third kappa shape index (κ3) is 2.76. The van der Waals surface area contributed by atoms with E-state index in [1.807, 2.05) is 0 Å². The van der Waals surface area contributed by atoms with E-state index in [0.29, 0.717) is 11.3 Å². The third-order valence-electron chi connectivity index (χ3n) is 2.36. The standard InChI is InChI=1S/C12H11FN4O2/c1-7-6-8(13)2-3-9(7)19-12-10(11(14)17-18)15-4-5-16-12/h2-6,18H,1H3,(H2,14,17). The largest absolute Gasteiger partial charge is 0.437 e. The van der Waals surface area contributed by atoms with E-state index in [1.54, 1.807) is 6.92 Å². The Morgan fingerprint density at radius 2 is 2.11 bits per heavy atom. The van der Waals surface area contributed by atoms with Gasteiger partial charge in [-0.15, -0.1) is 0 Å². The van der Waals surface area contributed by atoms with Gasteiger partial charge in [0, 0.05) is 12.4 Å². The molecular formula is C12H11FN4O2. The van der Waals surface area contributed by atoms with Crippen LogP contribution >= 0.6 is 0 Å². The number of aromatic nitrogens is 2. The summed E-state index contributed by atoms with van der Waals surface area (Å²) < 4.78 is 18.5. The molecule has 6 nitrogen and oxygen atoms in total. The van der Waals surface area contributed by atoms with Crippen molar-refractivity contribution in [2.45, 2.75) is 6.92 Å². The van der Waals surface area contributed by atoms with Crippen LogP contribution in [0.2, 0.25) is 0 Å². The monoisotopic (exact) mass is 262 g/mol. The Bertz CT molecular complexity index is 631. The molecule has 0 aliphatic heterocycles. The number of hydrogen-bond donors (Lipinski definition) is 2. The van der Waals surface area contributed by atoms with E-state index in [0.717, 1.165) is 0 Å². The van der Waals surface area contributed by atoms with Crippen molar-refractivity contribution >= 4 is 5.84 Å². The number of rotatable bonds is 3. The quantitative estimate of drug-likeness (QED) is 0.381. The lowest BCUT2D eigenvalue weighted by molar-refractivity contribution is 0.318. The van der Waals surface area contributed by atoms with Crippen molar-refractivity contribution in [3.8, 4) is 11.6 Å². The molecule has 0 aliphatic carbocycles. The van der Waals surface area contributed by atoms with Gasteiger partial charge in [0.05, 0.1) is 0 Å². The maximum atomic E-state index is 13.0. The van der Waals surface area contributed by atoms with Gasteiger partial charge >= 0.3 is 0 Å². The first kappa shape index (κ1) is 12.7. The van der Waals surface area contributed by atoms with Gasteiger partial charge in [-0.1, -0.05) is 5.16 Å². The average Bonchev–Trinajstić information content (AvgIpc) is 2.41. The van der Waals surface area contributed by atoms with Crippen LogP contribution in [-0.4, -0.2) is 21.0 Å². The summed E-state index contributed by atoms with van der Waals surface area (Å²) in [6.45, 7) is 1.69. The highest BCUT2D eigenvalue weighted by atomic mass is 19.1. The summed E-state index contributed by atoms with van der Waals surface area (Å²) in [7, 11) is 0. The van der Waals surface area contributed by atoms with Gasteiger partial charge in [0.1, 0.15) is 11.6 Å². The number of ether oxygens (including phenoxy) is 1. The summed E-state index contributed by atoms with van der Waals surface area (Å²) in [5.74, 6) is -0.0927. The maximum Gasteiger partial charge on any atom is 0.249 e. The zero-order valence-electron chi connectivity index (χ0n) is 10.0. The summed E-state index contributed by atoms with van der Waals surface area (Å²) in [6, 6.07) is 4.06. The summed E-state index contributed by atoms with van der Waals surface area (Å²) >= 11 is 0. The fourth-order valence-corrected chi connectivity index (χ4v) is 1.45. The molecule has 7 heteroatoms. The Labute approximate surface area is 108 Å². The fraction of sp³-hybridized carbons (Fsp3) is 0.0833. The smallest absolute Gasteiger partial charge is 0.249 e. The minimum atomic E-state index is -0.361. The van der Waals surface area contributed by atoms with E-state index in [-0.39, 0.29) is 23.2 Å². The topological polar surface area (TPSA) is 93.6 Å². The zero-order valence-corrected chi connectivity index (χ0v) is 10.0. The van der Waals surface area contributed by atoms with Crippen molar-refractivity contribution in [3.63, 3.8) is 0 Å². The molecule has 0 radical (unpaired) electrons. The van der Waals surface area contributed by atoms with E-state index in [4.69, 9.17) is 15.7 Å². The lowest BCUT2D eigenvalue weighted by Crippen LogP contribution is -2.16. The van der Waals surface area contributed by atoms with Crippen LogP contribution in [0.25, 0.3) is 0 Å². The van der Waals surface area contributed by atoms with Crippen LogP contribution in [0.1, 0.15) is 11.3 Å². The van der Waals surface area contributed by atoms with Crippen LogP contribution in [0.5, 0.6) is 11.6 Å². The molecule has 0 fully saturated rings. The SMILES string of the molecule is Cc1cc(F)ccc1Oc1nccnc1/C(N)=N/O. The van der Waals surface area contributed by atoms with Crippen molar-refractivity contribution < 1.29 is 14.3 Å². The van der Waals surface area contributed by atoms with Crippen LogP contribution in [0.3, 0.4) is 0 Å². The first-order valence-electron chi connectivity index (χ1n) is 5.34. The number of nitrogens with two attached hydrogens (primary N) is 1. The number of nitrogens with zero attached hydrogens (tertiary/aromatic N) is 3. The normalized spacial score (nSPS) is 11.4. The summed E-state index contributed by atoms with van der Waals surface area (Å²) in [6.07, 6.45) is 2.79. The molecule has 2 aromatic rings. The first-order valence-corrected chi connectivity index (χ1v) is 5.34. The van der Waals surface area contributed by atoms with Gasteiger partial charge in [-0.05, 0) is 30.7 Å². The number of amidine groups is 1. The molecule has 0 bridgehead atoms. The van der Waals surface area contributed by atoms with Gasteiger partial charge in [0.15, 0.2) is 11.5 Å². The van der Waals surface area contributed by atoms with Crippen LogP contribution < -0.4 is 10.5 Å². The molecule has 0 atom stereocenters. The third-order valence-corrected chi connectivity index (χ3v) is 2.36. The Morgan fingerprint density at radius 1 is 1.37 bits per heavy atom. The fourth-order valence-electron chi connectivity index (χ4n) is 1.45. The number of benzene rings is 1. The van der Waals surface area contributed by atoms with E-state index in [1.165, 1.54) is 30.6 Å². The molecule has 2 rings (SSSR count). The minimum Gasteiger partial charge on any atom is -0.437 e. The number of aryl methyl sites for hydroxylation is 1. The molecule has 19 heavy (non-hydrogen) atoms. The highest BCUT2D eigenvalue weighted by molar-refractivity contribution is 5.97. The van der Waals surface area contributed by atoms with Crippen LogP contribution in [0.15, 0.2) is 35.7 Å². The predicted molar refractivity (Wildman–Crippen MR) is 65.8 cm³/mol. The van der Waals surface area contributed by atoms with Crippen LogP contribution in [0, 0.1) is 12.7 Å². The van der Waals surface area contributed by atoms with Crippen LogP contribution in [-0.2, 0) is 0 Å². The molecule has 1 aromatic carbocycles. The number of hydrogen-bond acceptors (Lipinski definition) is 5. The molecule has 0 saturated heterocycles. The molecule has 3 N–H and O–H groups in total. The zero-order chi connectivity index (χ0) is 13.8. The van der Waals surface area contributed by atoms with Crippen molar-refractivity contribution in [1.29, 1.82) is 0 Å². The molecule has 0 saturated carbocycles. The van der Waals surface area contributed by atoms with Gasteiger partial charge in [0.2, 0.25) is 5.88 Å². The van der Waals surface area contributed by atoms with Crippen molar-refractivity contribution in [3.05, 3.63) is 47.7 Å². The highest BCUT2D eigenvalue weighted by Crippen LogP contribution is 2.25. The predicted octanol–water partition coefficient (Wildman–Crippen LogP) is 1.81. The molecule has 0 amide bonds. The summed E-state index contributed by atoms with van der Waals surface area (Å²) in [4.78, 5) is 7.87. The maximum absolute atomic E-state index is 13.0. The van der Waals surface area contributed by atoms with Gasteiger partial charge in [-0.25, -0.2) is 14.4 Å². The second-order valence-corrected chi connectivity index (χ2v) is 3.71. The summed E-state index contributed by atoms with van der Waals surface area (Å²) in [5.41, 5.74) is 6.17.